The van der Waals surface area contributed by atoms with Gasteiger partial charge in [0.25, 0.3) is 0 Å². The summed E-state index contributed by atoms with van der Waals surface area (Å²) in [7, 11) is -8.09. The number of rotatable bonds is 6. The van der Waals surface area contributed by atoms with Gasteiger partial charge in [0, 0.05) is 18.0 Å². The molecule has 38 heavy (non-hydrogen) atoms. The molecule has 1 aliphatic carbocycles. The van der Waals surface area contributed by atoms with Gasteiger partial charge in [-0.3, -0.25) is 0 Å². The molecule has 2 aliphatic rings. The fourth-order valence-electron chi connectivity index (χ4n) is 5.09. The van der Waals surface area contributed by atoms with Crippen LogP contribution in [0.1, 0.15) is 24.8 Å². The molecule has 6 nitrogen and oxygen atoms in total. The molecule has 206 valence electrons. The minimum atomic E-state index is -4.65. The molecule has 2 aromatic carbocycles. The fourth-order valence-corrected chi connectivity index (χ4v) is 8.67. The number of nitrogens with one attached hydrogen (secondary N) is 1. The Labute approximate surface area is 217 Å². The molecule has 1 N–H and O–H groups in total. The van der Waals surface area contributed by atoms with Crippen molar-refractivity contribution in [3.8, 4) is 5.75 Å². The van der Waals surface area contributed by atoms with Gasteiger partial charge in [0.05, 0.1) is 27.2 Å². The Bertz CT molecular complexity index is 1450. The van der Waals surface area contributed by atoms with Gasteiger partial charge < -0.3 is 4.74 Å². The number of sulfone groups is 1. The topological polar surface area (TPSA) is 89.5 Å². The van der Waals surface area contributed by atoms with E-state index >= 15 is 0 Å². The van der Waals surface area contributed by atoms with E-state index in [1.54, 1.807) is 0 Å². The Morgan fingerprint density at radius 2 is 1.76 bits per heavy atom. The molecule has 2 fully saturated rings. The van der Waals surface area contributed by atoms with Crippen molar-refractivity contribution in [2.75, 3.05) is 6.61 Å². The molecule has 1 aliphatic heterocycles. The van der Waals surface area contributed by atoms with Crippen molar-refractivity contribution in [2.24, 2.45) is 11.8 Å². The normalized spacial score (nSPS) is 26.5. The first-order valence-electron chi connectivity index (χ1n) is 11.6. The third kappa shape index (κ3) is 5.64. The van der Waals surface area contributed by atoms with E-state index in [1.807, 2.05) is 0 Å². The second kappa shape index (κ2) is 10.4. The van der Waals surface area contributed by atoms with Gasteiger partial charge in [-0.15, -0.1) is 0 Å². The van der Waals surface area contributed by atoms with Crippen LogP contribution in [0.3, 0.4) is 0 Å². The van der Waals surface area contributed by atoms with Gasteiger partial charge in [0.1, 0.15) is 5.82 Å². The molecule has 4 rings (SSSR count). The van der Waals surface area contributed by atoms with Gasteiger partial charge in [-0.25, -0.2) is 30.3 Å². The minimum absolute atomic E-state index is 0.0248. The molecule has 0 spiro atoms. The Hall–Kier alpha value is -2.77. The summed E-state index contributed by atoms with van der Waals surface area (Å²) in [5, 5.41) is -1.19. The van der Waals surface area contributed by atoms with Crippen LogP contribution < -0.4 is 9.46 Å². The average molecular weight is 578 g/mol. The Morgan fingerprint density at radius 1 is 1.08 bits per heavy atom. The molecule has 4 atom stereocenters. The van der Waals surface area contributed by atoms with E-state index in [0.29, 0.717) is 12.1 Å². The first-order valence-corrected chi connectivity index (χ1v) is 14.6. The molecule has 0 aromatic heterocycles. The van der Waals surface area contributed by atoms with E-state index in [1.165, 1.54) is 12.2 Å². The number of sulfonamides is 1. The van der Waals surface area contributed by atoms with Crippen LogP contribution in [0.5, 0.6) is 5.75 Å². The van der Waals surface area contributed by atoms with E-state index in [2.05, 4.69) is 11.3 Å². The lowest BCUT2D eigenvalue weighted by Gasteiger charge is -2.45. The molecular weight excluding hydrogens is 553 g/mol. The lowest BCUT2D eigenvalue weighted by Crippen LogP contribution is -2.56. The highest BCUT2D eigenvalue weighted by Crippen LogP contribution is 2.44. The molecule has 0 radical (unpaired) electrons. The van der Waals surface area contributed by atoms with E-state index in [0.717, 1.165) is 30.3 Å². The summed E-state index contributed by atoms with van der Waals surface area (Å²) >= 11 is 0. The van der Waals surface area contributed by atoms with Gasteiger partial charge in [0.15, 0.2) is 21.4 Å². The first kappa shape index (κ1) is 28.2. The number of hydrogen-bond acceptors (Lipinski definition) is 5. The third-order valence-corrected chi connectivity index (χ3v) is 10.8. The van der Waals surface area contributed by atoms with E-state index in [-0.39, 0.29) is 29.1 Å². The average Bonchev–Trinajstić information content (AvgIpc) is 2.84. The van der Waals surface area contributed by atoms with Crippen LogP contribution in [0, 0.1) is 23.5 Å². The van der Waals surface area contributed by atoms with Crippen LogP contribution in [0.4, 0.5) is 22.0 Å². The summed E-state index contributed by atoms with van der Waals surface area (Å²) in [6.07, 6.45) is -2.05. The summed E-state index contributed by atoms with van der Waals surface area (Å²) in [6.45, 7) is 3.10. The van der Waals surface area contributed by atoms with Crippen molar-refractivity contribution in [3.63, 3.8) is 0 Å². The lowest BCUT2D eigenvalue weighted by atomic mass is 9.74. The van der Waals surface area contributed by atoms with Gasteiger partial charge >= 0.3 is 6.18 Å². The van der Waals surface area contributed by atoms with E-state index < -0.39 is 78.7 Å². The highest BCUT2D eigenvalue weighted by atomic mass is 32.2. The van der Waals surface area contributed by atoms with Gasteiger partial charge in [0.2, 0.25) is 10.0 Å². The largest absolute Gasteiger partial charge is 0.490 e. The molecule has 13 heteroatoms. The number of ether oxygens (including phenoxy) is 1. The van der Waals surface area contributed by atoms with Gasteiger partial charge in [-0.2, -0.15) is 13.2 Å². The third-order valence-electron chi connectivity index (χ3n) is 6.93. The SMILES string of the molecule is C=C/C=C1/C[C@H]2[C@H](COc3cc(F)ccc3F)[C@@H](S(=O)(=O)c3ccc(C(F)(F)F)cc3)CC[C@H]2NS1(=O)=O. The van der Waals surface area contributed by atoms with Crippen molar-refractivity contribution >= 4 is 19.9 Å². The van der Waals surface area contributed by atoms with Crippen molar-refractivity contribution in [3.05, 3.63) is 83.3 Å². The lowest BCUT2D eigenvalue weighted by molar-refractivity contribution is -0.137. The summed E-state index contributed by atoms with van der Waals surface area (Å²) in [4.78, 5) is -0.364. The first-order chi connectivity index (χ1) is 17.7. The Kier molecular flexibility index (Phi) is 7.74. The molecule has 0 amide bonds. The second-order valence-corrected chi connectivity index (χ2v) is 13.1. The number of alkyl halides is 3. The summed E-state index contributed by atoms with van der Waals surface area (Å²) in [5.41, 5.74) is -1.01. The summed E-state index contributed by atoms with van der Waals surface area (Å²) in [5.74, 6) is -3.64. The molecule has 1 heterocycles. The minimum Gasteiger partial charge on any atom is -0.490 e. The standard InChI is InChI=1S/C25H24F5NO5S2/c1-2-3-18-13-19-20(14-36-23-12-16(26)6-9-21(23)27)24(11-10-22(19)31-38(18,34)35)37(32,33)17-7-4-15(5-8-17)25(28,29)30/h2-9,12,19-20,22,24,31H,1,10-11,13-14H2/b18-3-/t19-,20-,22+,24-/m0/s1. The number of benzene rings is 2. The second-order valence-electron chi connectivity index (χ2n) is 9.20. The van der Waals surface area contributed by atoms with Crippen molar-refractivity contribution in [2.45, 2.75) is 41.6 Å². The smallest absolute Gasteiger partial charge is 0.416 e. The van der Waals surface area contributed by atoms with Crippen LogP contribution in [0.2, 0.25) is 0 Å². The molecule has 1 saturated carbocycles. The summed E-state index contributed by atoms with van der Waals surface area (Å²) < 4.78 is 128. The maximum absolute atomic E-state index is 14.2. The zero-order valence-corrected chi connectivity index (χ0v) is 21.4. The Balaban J connectivity index is 1.72. The zero-order chi connectivity index (χ0) is 27.9. The molecule has 2 aromatic rings. The quantitative estimate of drug-likeness (QED) is 0.489. The zero-order valence-electron chi connectivity index (χ0n) is 19.8. The maximum atomic E-state index is 14.2. The van der Waals surface area contributed by atoms with Gasteiger partial charge in [-0.1, -0.05) is 12.7 Å². The molecular formula is C25H24F5NO5S2. The fraction of sp³-hybridized carbons (Fsp3) is 0.360. The number of hydrogen-bond donors (Lipinski definition) is 1. The van der Waals surface area contributed by atoms with E-state index in [4.69, 9.17) is 4.74 Å². The van der Waals surface area contributed by atoms with Crippen LogP contribution in [-0.2, 0) is 26.0 Å². The molecule has 1 saturated heterocycles. The summed E-state index contributed by atoms with van der Waals surface area (Å²) in [6, 6.07) is 4.98. The van der Waals surface area contributed by atoms with Crippen molar-refractivity contribution in [1.82, 2.24) is 4.72 Å². The van der Waals surface area contributed by atoms with Crippen LogP contribution in [0.25, 0.3) is 0 Å². The number of fused-ring (bicyclic) bond motifs is 1. The Morgan fingerprint density at radius 3 is 2.39 bits per heavy atom. The maximum Gasteiger partial charge on any atom is 0.416 e. The predicted molar refractivity (Wildman–Crippen MR) is 129 cm³/mol. The highest BCUT2D eigenvalue weighted by molar-refractivity contribution is 7.93. The highest BCUT2D eigenvalue weighted by Gasteiger charge is 2.50. The molecule has 0 unspecified atom stereocenters. The van der Waals surface area contributed by atoms with Crippen LogP contribution in [0.15, 0.2) is 71.0 Å². The molecule has 0 bridgehead atoms. The predicted octanol–water partition coefficient (Wildman–Crippen LogP) is 4.99. The van der Waals surface area contributed by atoms with Crippen LogP contribution in [-0.4, -0.2) is 34.7 Å². The monoisotopic (exact) mass is 577 g/mol. The van der Waals surface area contributed by atoms with Gasteiger partial charge in [-0.05, 0) is 67.7 Å². The number of halogens is 5. The van der Waals surface area contributed by atoms with E-state index in [9.17, 15) is 38.8 Å². The van der Waals surface area contributed by atoms with Crippen molar-refractivity contribution < 1.29 is 43.5 Å². The number of allylic oxidation sites excluding steroid dienone is 3. The van der Waals surface area contributed by atoms with Crippen molar-refractivity contribution in [1.29, 1.82) is 0 Å². The van der Waals surface area contributed by atoms with Crippen LogP contribution >= 0.6 is 0 Å².